The number of rotatable bonds is 5. The molecule has 4 rings (SSSR count). The first-order valence-electron chi connectivity index (χ1n) is 9.69. The number of amides is 2. The average Bonchev–Trinajstić information content (AvgIpc) is 3.10. The molecule has 2 aliphatic heterocycles. The summed E-state index contributed by atoms with van der Waals surface area (Å²) in [5, 5.41) is 3.13. The third kappa shape index (κ3) is 4.27. The molecule has 2 saturated heterocycles. The number of carbonyl (C=O) groups excluding carboxylic acids is 2. The van der Waals surface area contributed by atoms with Crippen LogP contribution in [0.5, 0.6) is 0 Å². The first kappa shape index (κ1) is 18.3. The fourth-order valence-electron chi connectivity index (χ4n) is 3.84. The highest BCUT2D eigenvalue weighted by atomic mass is 16.2. The lowest BCUT2D eigenvalue weighted by atomic mass is 10.0. The fourth-order valence-corrected chi connectivity index (χ4v) is 3.84. The molecular weight excluding hydrogens is 356 g/mol. The van der Waals surface area contributed by atoms with Gasteiger partial charge in [-0.3, -0.25) is 14.6 Å². The van der Waals surface area contributed by atoms with Crippen molar-refractivity contribution < 1.29 is 9.59 Å². The Labute approximate surface area is 164 Å². The van der Waals surface area contributed by atoms with Gasteiger partial charge in [0.25, 0.3) is 0 Å². The zero-order chi connectivity index (χ0) is 19.3. The van der Waals surface area contributed by atoms with Gasteiger partial charge in [0.05, 0.1) is 18.2 Å². The minimum absolute atomic E-state index is 0.00811. The van der Waals surface area contributed by atoms with Crippen LogP contribution in [-0.4, -0.2) is 57.3 Å². The smallest absolute Gasteiger partial charge is 0.225 e. The molecule has 0 radical (unpaired) electrons. The third-order valence-corrected chi connectivity index (χ3v) is 5.27. The van der Waals surface area contributed by atoms with E-state index >= 15 is 0 Å². The summed E-state index contributed by atoms with van der Waals surface area (Å²) in [5.41, 5.74) is 0.836. The Morgan fingerprint density at radius 2 is 1.93 bits per heavy atom. The molecule has 2 unspecified atom stereocenters. The van der Waals surface area contributed by atoms with Crippen LogP contribution in [0.1, 0.15) is 25.0 Å². The van der Waals surface area contributed by atoms with E-state index in [1.165, 1.54) is 0 Å². The van der Waals surface area contributed by atoms with Crippen molar-refractivity contribution in [3.05, 3.63) is 48.5 Å². The predicted molar refractivity (Wildman–Crippen MR) is 103 cm³/mol. The standard InChI is InChI=1S/C20H24N6O2/c27-18-11-15(12-26(18)13-16-5-1-2-7-21-16)19(28)24-17-6-3-10-25(14-17)20-22-8-4-9-23-20/h1-2,4-5,7-9,15,17H,3,6,10-14H2,(H,24,28). The van der Waals surface area contributed by atoms with Gasteiger partial charge in [-0.25, -0.2) is 9.97 Å². The van der Waals surface area contributed by atoms with Crippen LogP contribution in [0.25, 0.3) is 0 Å². The summed E-state index contributed by atoms with van der Waals surface area (Å²) in [6, 6.07) is 7.48. The van der Waals surface area contributed by atoms with Crippen molar-refractivity contribution in [2.45, 2.75) is 31.8 Å². The van der Waals surface area contributed by atoms with Crippen molar-refractivity contribution in [1.29, 1.82) is 0 Å². The zero-order valence-electron chi connectivity index (χ0n) is 15.7. The van der Waals surface area contributed by atoms with E-state index in [0.29, 0.717) is 25.6 Å². The second-order valence-electron chi connectivity index (χ2n) is 7.34. The Morgan fingerprint density at radius 1 is 1.11 bits per heavy atom. The van der Waals surface area contributed by atoms with Crippen molar-refractivity contribution in [1.82, 2.24) is 25.2 Å². The molecule has 0 bridgehead atoms. The van der Waals surface area contributed by atoms with Crippen LogP contribution in [0.4, 0.5) is 5.95 Å². The van der Waals surface area contributed by atoms with Gasteiger partial charge in [0.15, 0.2) is 0 Å². The molecule has 2 aliphatic rings. The van der Waals surface area contributed by atoms with Gasteiger partial charge < -0.3 is 15.1 Å². The molecule has 2 aromatic heterocycles. The van der Waals surface area contributed by atoms with Gasteiger partial charge >= 0.3 is 0 Å². The molecule has 0 aromatic carbocycles. The number of likely N-dealkylation sites (tertiary alicyclic amines) is 1. The van der Waals surface area contributed by atoms with Crippen molar-refractivity contribution in [3.8, 4) is 0 Å². The second-order valence-corrected chi connectivity index (χ2v) is 7.34. The molecule has 0 spiro atoms. The van der Waals surface area contributed by atoms with E-state index in [2.05, 4.69) is 25.2 Å². The van der Waals surface area contributed by atoms with Gasteiger partial charge in [-0.15, -0.1) is 0 Å². The summed E-state index contributed by atoms with van der Waals surface area (Å²) >= 11 is 0. The molecule has 8 heteroatoms. The van der Waals surface area contributed by atoms with Crippen molar-refractivity contribution >= 4 is 17.8 Å². The Hall–Kier alpha value is -3.03. The van der Waals surface area contributed by atoms with Crippen LogP contribution >= 0.6 is 0 Å². The lowest BCUT2D eigenvalue weighted by Gasteiger charge is -2.33. The van der Waals surface area contributed by atoms with E-state index in [9.17, 15) is 9.59 Å². The minimum Gasteiger partial charge on any atom is -0.351 e. The highest BCUT2D eigenvalue weighted by Gasteiger charge is 2.35. The number of hydrogen-bond acceptors (Lipinski definition) is 6. The summed E-state index contributed by atoms with van der Waals surface area (Å²) in [7, 11) is 0. The third-order valence-electron chi connectivity index (χ3n) is 5.27. The van der Waals surface area contributed by atoms with Crippen molar-refractivity contribution in [2.24, 2.45) is 5.92 Å². The van der Waals surface area contributed by atoms with E-state index in [-0.39, 0.29) is 30.2 Å². The summed E-state index contributed by atoms with van der Waals surface area (Å²) in [5.74, 6) is 0.352. The first-order chi connectivity index (χ1) is 13.7. The SMILES string of the molecule is O=C(NC1CCCN(c2ncccn2)C1)C1CC(=O)N(Cc2ccccn2)C1. The van der Waals surface area contributed by atoms with Gasteiger partial charge in [0.1, 0.15) is 0 Å². The fraction of sp³-hybridized carbons (Fsp3) is 0.450. The van der Waals surface area contributed by atoms with Gasteiger partial charge in [0, 0.05) is 50.7 Å². The number of aromatic nitrogens is 3. The van der Waals surface area contributed by atoms with Crippen LogP contribution in [0.3, 0.4) is 0 Å². The monoisotopic (exact) mass is 380 g/mol. The molecule has 2 atom stereocenters. The van der Waals surface area contributed by atoms with E-state index in [4.69, 9.17) is 0 Å². The summed E-state index contributed by atoms with van der Waals surface area (Å²) in [4.78, 5) is 41.7. The van der Waals surface area contributed by atoms with E-state index in [1.807, 2.05) is 18.2 Å². The number of hydrogen-bond donors (Lipinski definition) is 1. The Morgan fingerprint density at radius 3 is 2.71 bits per heavy atom. The molecule has 146 valence electrons. The normalized spacial score (nSPS) is 22.4. The molecule has 0 aliphatic carbocycles. The Balaban J connectivity index is 1.32. The maximum atomic E-state index is 12.7. The molecule has 4 heterocycles. The molecule has 2 fully saturated rings. The lowest BCUT2D eigenvalue weighted by Crippen LogP contribution is -2.50. The van der Waals surface area contributed by atoms with E-state index in [0.717, 1.165) is 25.1 Å². The van der Waals surface area contributed by atoms with Gasteiger partial charge in [0.2, 0.25) is 17.8 Å². The van der Waals surface area contributed by atoms with Crippen LogP contribution in [0.15, 0.2) is 42.9 Å². The minimum atomic E-state index is -0.306. The zero-order valence-corrected chi connectivity index (χ0v) is 15.7. The Bertz CT molecular complexity index is 816. The van der Waals surface area contributed by atoms with Crippen molar-refractivity contribution in [3.63, 3.8) is 0 Å². The highest BCUT2D eigenvalue weighted by Crippen LogP contribution is 2.21. The number of nitrogens with zero attached hydrogens (tertiary/aromatic N) is 5. The van der Waals surface area contributed by atoms with Crippen LogP contribution in [0.2, 0.25) is 0 Å². The van der Waals surface area contributed by atoms with Gasteiger partial charge in [-0.05, 0) is 31.0 Å². The topological polar surface area (TPSA) is 91.3 Å². The second kappa shape index (κ2) is 8.33. The van der Waals surface area contributed by atoms with Crippen molar-refractivity contribution in [2.75, 3.05) is 24.5 Å². The maximum Gasteiger partial charge on any atom is 0.225 e. The maximum absolute atomic E-state index is 12.7. The summed E-state index contributed by atoms with van der Waals surface area (Å²) in [6.45, 7) is 2.47. The van der Waals surface area contributed by atoms with E-state index in [1.54, 1.807) is 29.6 Å². The predicted octanol–water partition coefficient (Wildman–Crippen LogP) is 1.01. The largest absolute Gasteiger partial charge is 0.351 e. The molecule has 28 heavy (non-hydrogen) atoms. The molecule has 0 saturated carbocycles. The molecule has 2 aromatic rings. The number of piperidine rings is 1. The quantitative estimate of drug-likeness (QED) is 0.832. The number of nitrogens with one attached hydrogen (secondary N) is 1. The van der Waals surface area contributed by atoms with Gasteiger partial charge in [-0.1, -0.05) is 6.07 Å². The molecule has 2 amide bonds. The van der Waals surface area contributed by atoms with Crippen LogP contribution < -0.4 is 10.2 Å². The average molecular weight is 380 g/mol. The Kier molecular flexibility index (Phi) is 5.45. The summed E-state index contributed by atoms with van der Waals surface area (Å²) < 4.78 is 0. The lowest BCUT2D eigenvalue weighted by molar-refractivity contribution is -0.129. The highest BCUT2D eigenvalue weighted by molar-refractivity contribution is 5.89. The molecule has 8 nitrogen and oxygen atoms in total. The van der Waals surface area contributed by atoms with Crippen LogP contribution in [0, 0.1) is 5.92 Å². The first-order valence-corrected chi connectivity index (χ1v) is 9.69. The molecule has 1 N–H and O–H groups in total. The number of carbonyl (C=O) groups is 2. The molecular formula is C20H24N6O2. The summed E-state index contributed by atoms with van der Waals surface area (Å²) in [6.07, 6.45) is 7.32. The number of anilines is 1. The number of pyridine rings is 1. The van der Waals surface area contributed by atoms with Gasteiger partial charge in [-0.2, -0.15) is 0 Å². The van der Waals surface area contributed by atoms with Crippen LogP contribution in [-0.2, 0) is 16.1 Å². The van der Waals surface area contributed by atoms with E-state index < -0.39 is 0 Å².